The summed E-state index contributed by atoms with van der Waals surface area (Å²) in [7, 11) is 3.22. The van der Waals surface area contributed by atoms with Gasteiger partial charge in [-0.1, -0.05) is 30.0 Å². The van der Waals surface area contributed by atoms with Gasteiger partial charge in [-0.25, -0.2) is 0 Å². The highest BCUT2D eigenvalue weighted by Crippen LogP contribution is 2.21. The maximum atomic E-state index is 12.1. The fraction of sp³-hybridized carbons (Fsp3) is 0.222. The molecule has 0 saturated carbocycles. The van der Waals surface area contributed by atoms with Crippen molar-refractivity contribution in [2.24, 2.45) is 0 Å². The van der Waals surface area contributed by atoms with E-state index in [1.807, 2.05) is 48.5 Å². The molecular formula is C18H19N5O3S. The van der Waals surface area contributed by atoms with Gasteiger partial charge < -0.3 is 14.8 Å². The molecule has 0 aliphatic carbocycles. The third-order valence-corrected chi connectivity index (χ3v) is 4.64. The number of tetrazole rings is 1. The molecule has 0 radical (unpaired) electrons. The Balaban J connectivity index is 1.55. The Bertz CT molecular complexity index is 898. The number of hydrogen-bond acceptors (Lipinski definition) is 7. The van der Waals surface area contributed by atoms with E-state index in [9.17, 15) is 4.79 Å². The van der Waals surface area contributed by atoms with Crippen molar-refractivity contribution in [3.05, 3.63) is 54.1 Å². The molecular weight excluding hydrogens is 366 g/mol. The molecule has 0 spiro atoms. The summed E-state index contributed by atoms with van der Waals surface area (Å²) in [6.45, 7) is 0.449. The average Bonchev–Trinajstić information content (AvgIpc) is 3.20. The van der Waals surface area contributed by atoms with Gasteiger partial charge in [-0.05, 0) is 40.3 Å². The Labute approximate surface area is 160 Å². The van der Waals surface area contributed by atoms with Crippen LogP contribution in [-0.4, -0.2) is 46.1 Å². The molecule has 3 aromatic rings. The van der Waals surface area contributed by atoms with Gasteiger partial charge in [0.2, 0.25) is 11.1 Å². The van der Waals surface area contributed by atoms with Crippen molar-refractivity contribution >= 4 is 17.7 Å². The number of thioether (sulfide) groups is 1. The Kier molecular flexibility index (Phi) is 6.26. The maximum Gasteiger partial charge on any atom is 0.230 e. The Morgan fingerprint density at radius 1 is 1.11 bits per heavy atom. The van der Waals surface area contributed by atoms with Gasteiger partial charge in [-0.2, -0.15) is 4.68 Å². The molecule has 3 rings (SSSR count). The van der Waals surface area contributed by atoms with Crippen LogP contribution < -0.4 is 14.8 Å². The lowest BCUT2D eigenvalue weighted by Gasteiger charge is -2.07. The van der Waals surface area contributed by atoms with Gasteiger partial charge in [-0.15, -0.1) is 5.10 Å². The van der Waals surface area contributed by atoms with Crippen molar-refractivity contribution in [2.75, 3.05) is 20.0 Å². The number of benzene rings is 2. The number of aromatic nitrogens is 4. The predicted molar refractivity (Wildman–Crippen MR) is 101 cm³/mol. The van der Waals surface area contributed by atoms with Crippen LogP contribution in [0.25, 0.3) is 5.69 Å². The number of methoxy groups -OCH3 is 2. The lowest BCUT2D eigenvalue weighted by atomic mass is 10.2. The topological polar surface area (TPSA) is 91.2 Å². The predicted octanol–water partition coefficient (Wildman–Crippen LogP) is 2.09. The highest BCUT2D eigenvalue weighted by atomic mass is 32.2. The zero-order valence-electron chi connectivity index (χ0n) is 15.0. The van der Waals surface area contributed by atoms with Gasteiger partial charge in [-0.3, -0.25) is 4.79 Å². The number of hydrogen-bond donors (Lipinski definition) is 1. The zero-order valence-corrected chi connectivity index (χ0v) is 15.8. The summed E-state index contributed by atoms with van der Waals surface area (Å²) < 4.78 is 11.9. The smallest absolute Gasteiger partial charge is 0.230 e. The second-order valence-corrected chi connectivity index (χ2v) is 6.43. The fourth-order valence-electron chi connectivity index (χ4n) is 2.30. The molecule has 0 unspecified atom stereocenters. The number of ether oxygens (including phenoxy) is 2. The molecule has 2 aromatic carbocycles. The molecule has 1 amide bonds. The molecule has 8 nitrogen and oxygen atoms in total. The molecule has 27 heavy (non-hydrogen) atoms. The molecule has 0 saturated heterocycles. The molecule has 140 valence electrons. The fourth-order valence-corrected chi connectivity index (χ4v) is 3.02. The molecule has 0 fully saturated rings. The molecule has 0 bridgehead atoms. The van der Waals surface area contributed by atoms with E-state index < -0.39 is 0 Å². The Morgan fingerprint density at radius 3 is 2.63 bits per heavy atom. The van der Waals surface area contributed by atoms with Crippen molar-refractivity contribution in [3.8, 4) is 17.2 Å². The second-order valence-electron chi connectivity index (χ2n) is 5.49. The van der Waals surface area contributed by atoms with Crippen LogP contribution in [-0.2, 0) is 11.3 Å². The van der Waals surface area contributed by atoms with Crippen LogP contribution in [0.5, 0.6) is 11.5 Å². The van der Waals surface area contributed by atoms with Gasteiger partial charge in [0.25, 0.3) is 0 Å². The Morgan fingerprint density at radius 2 is 1.89 bits per heavy atom. The van der Waals surface area contributed by atoms with E-state index in [-0.39, 0.29) is 11.7 Å². The van der Waals surface area contributed by atoms with Crippen molar-refractivity contribution in [2.45, 2.75) is 11.7 Å². The maximum absolute atomic E-state index is 12.1. The van der Waals surface area contributed by atoms with Crippen molar-refractivity contribution in [3.63, 3.8) is 0 Å². The number of nitrogens with one attached hydrogen (secondary N) is 1. The SMILES string of the molecule is COc1ccc(CNC(=O)CSc2nnnn2-c2cccc(OC)c2)cc1. The van der Waals surface area contributed by atoms with E-state index in [1.54, 1.807) is 18.9 Å². The van der Waals surface area contributed by atoms with E-state index in [4.69, 9.17) is 9.47 Å². The molecule has 0 aliphatic rings. The molecule has 9 heteroatoms. The zero-order chi connectivity index (χ0) is 19.1. The average molecular weight is 385 g/mol. The second kappa shape index (κ2) is 9.04. The summed E-state index contributed by atoms with van der Waals surface area (Å²) in [6.07, 6.45) is 0. The normalized spacial score (nSPS) is 10.4. The first-order valence-corrected chi connectivity index (χ1v) is 9.13. The monoisotopic (exact) mass is 385 g/mol. The molecule has 0 atom stereocenters. The first kappa shape index (κ1) is 18.7. The van der Waals surface area contributed by atoms with Crippen LogP contribution in [0.4, 0.5) is 0 Å². The summed E-state index contributed by atoms with van der Waals surface area (Å²) >= 11 is 1.27. The minimum atomic E-state index is -0.101. The summed E-state index contributed by atoms with van der Waals surface area (Å²) in [5.74, 6) is 1.60. The number of carbonyl (C=O) groups excluding carboxylic acids is 1. The van der Waals surface area contributed by atoms with Gasteiger partial charge >= 0.3 is 0 Å². The van der Waals surface area contributed by atoms with Gasteiger partial charge in [0.15, 0.2) is 0 Å². The number of amides is 1. The molecule has 0 aliphatic heterocycles. The van der Waals surface area contributed by atoms with E-state index in [0.717, 1.165) is 17.0 Å². The van der Waals surface area contributed by atoms with E-state index >= 15 is 0 Å². The lowest BCUT2D eigenvalue weighted by Crippen LogP contribution is -2.24. The van der Waals surface area contributed by atoms with Crippen LogP contribution in [0.3, 0.4) is 0 Å². The first-order valence-electron chi connectivity index (χ1n) is 8.15. The Hall–Kier alpha value is -3.07. The summed E-state index contributed by atoms with van der Waals surface area (Å²) in [5.41, 5.74) is 1.76. The number of carbonyl (C=O) groups is 1. The van der Waals surface area contributed by atoms with Gasteiger partial charge in [0.1, 0.15) is 11.5 Å². The highest BCUT2D eigenvalue weighted by molar-refractivity contribution is 7.99. The van der Waals surface area contributed by atoms with E-state index in [1.165, 1.54) is 11.8 Å². The largest absolute Gasteiger partial charge is 0.497 e. The minimum Gasteiger partial charge on any atom is -0.497 e. The van der Waals surface area contributed by atoms with Crippen LogP contribution in [0, 0.1) is 0 Å². The summed E-state index contributed by atoms with van der Waals surface area (Å²) in [6, 6.07) is 14.9. The van der Waals surface area contributed by atoms with Crippen LogP contribution in [0.15, 0.2) is 53.7 Å². The lowest BCUT2D eigenvalue weighted by molar-refractivity contribution is -0.118. The molecule has 1 heterocycles. The van der Waals surface area contributed by atoms with Crippen LogP contribution >= 0.6 is 11.8 Å². The van der Waals surface area contributed by atoms with E-state index in [0.29, 0.717) is 17.5 Å². The minimum absolute atomic E-state index is 0.101. The number of rotatable bonds is 8. The van der Waals surface area contributed by atoms with Crippen molar-refractivity contribution in [1.29, 1.82) is 0 Å². The highest BCUT2D eigenvalue weighted by Gasteiger charge is 2.12. The van der Waals surface area contributed by atoms with Crippen molar-refractivity contribution in [1.82, 2.24) is 25.5 Å². The summed E-state index contributed by atoms with van der Waals surface area (Å²) in [4.78, 5) is 12.1. The van der Waals surface area contributed by atoms with Gasteiger partial charge in [0, 0.05) is 12.6 Å². The summed E-state index contributed by atoms with van der Waals surface area (Å²) in [5, 5.41) is 15.1. The molecule has 1 aromatic heterocycles. The van der Waals surface area contributed by atoms with Crippen LogP contribution in [0.2, 0.25) is 0 Å². The quantitative estimate of drug-likeness (QED) is 0.594. The van der Waals surface area contributed by atoms with Gasteiger partial charge in [0.05, 0.1) is 25.7 Å². The van der Waals surface area contributed by atoms with Crippen LogP contribution in [0.1, 0.15) is 5.56 Å². The first-order chi connectivity index (χ1) is 13.2. The standard InChI is InChI=1S/C18H19N5O3S/c1-25-15-8-6-13(7-9-15)11-19-17(24)12-27-18-20-21-22-23(18)14-4-3-5-16(10-14)26-2/h3-10H,11-12H2,1-2H3,(H,19,24). The third-order valence-electron chi connectivity index (χ3n) is 3.72. The molecule has 1 N–H and O–H groups in total. The van der Waals surface area contributed by atoms with Crippen molar-refractivity contribution < 1.29 is 14.3 Å². The third kappa shape index (κ3) is 4.98. The van der Waals surface area contributed by atoms with E-state index in [2.05, 4.69) is 20.8 Å². The number of nitrogens with zero attached hydrogens (tertiary/aromatic N) is 4.